The van der Waals surface area contributed by atoms with Gasteiger partial charge in [-0.15, -0.1) is 0 Å². The van der Waals surface area contributed by atoms with Gasteiger partial charge in [0.15, 0.2) is 0 Å². The van der Waals surface area contributed by atoms with Crippen LogP contribution in [0.15, 0.2) is 6.07 Å². The van der Waals surface area contributed by atoms with Gasteiger partial charge < -0.3 is 5.11 Å². The topological polar surface area (TPSA) is 62.2 Å². The maximum absolute atomic E-state index is 10.8. The summed E-state index contributed by atoms with van der Waals surface area (Å²) in [6.07, 6.45) is 0. The lowest BCUT2D eigenvalue weighted by Crippen LogP contribution is -2.36. The molecule has 1 heterocycles. The lowest BCUT2D eigenvalue weighted by Gasteiger charge is -2.21. The fourth-order valence-corrected chi connectivity index (χ4v) is 2.22. The highest BCUT2D eigenvalue weighted by molar-refractivity contribution is 5.72. The number of nitrogens with one attached hydrogen (secondary N) is 1. The van der Waals surface area contributed by atoms with Crippen LogP contribution in [0.4, 0.5) is 0 Å². The molecule has 0 aliphatic heterocycles. The number of nitrogens with zero attached hydrogens (tertiary/aromatic N) is 1. The van der Waals surface area contributed by atoms with Gasteiger partial charge in [0, 0.05) is 17.4 Å². The first kappa shape index (κ1) is 13.6. The molecule has 0 fully saturated rings. The van der Waals surface area contributed by atoms with Crippen LogP contribution in [-0.2, 0) is 4.79 Å². The van der Waals surface area contributed by atoms with Crippen LogP contribution in [0.5, 0.6) is 0 Å². The number of carbonyl (C=O) groups is 1. The summed E-state index contributed by atoms with van der Waals surface area (Å²) in [6.45, 7) is 9.55. The summed E-state index contributed by atoms with van der Waals surface area (Å²) in [5.41, 5.74) is 4.18. The van der Waals surface area contributed by atoms with Gasteiger partial charge in [-0.1, -0.05) is 0 Å². The van der Waals surface area contributed by atoms with Crippen molar-refractivity contribution in [2.45, 2.75) is 46.7 Å². The molecule has 17 heavy (non-hydrogen) atoms. The van der Waals surface area contributed by atoms with E-state index in [1.54, 1.807) is 6.92 Å². The van der Waals surface area contributed by atoms with Crippen LogP contribution >= 0.6 is 0 Å². The molecule has 94 valence electrons. The van der Waals surface area contributed by atoms with Crippen LogP contribution in [-0.4, -0.2) is 22.1 Å². The normalized spacial score (nSPS) is 14.4. The quantitative estimate of drug-likeness (QED) is 0.840. The van der Waals surface area contributed by atoms with Gasteiger partial charge in [-0.2, -0.15) is 0 Å². The van der Waals surface area contributed by atoms with E-state index in [2.05, 4.69) is 10.3 Å². The minimum atomic E-state index is -0.841. The molecule has 0 bridgehead atoms. The highest BCUT2D eigenvalue weighted by Crippen LogP contribution is 2.21. The standard InChI is InChI=1S/C13H20N2O2/c1-7-6-8(2)14-9(3)12(7)10(4)15-11(5)13(16)17/h6,10-11,15H,1-5H3,(H,16,17). The molecule has 2 unspecified atom stereocenters. The zero-order chi connectivity index (χ0) is 13.2. The Morgan fingerprint density at radius 2 is 1.94 bits per heavy atom. The summed E-state index contributed by atoms with van der Waals surface area (Å²) in [5.74, 6) is -0.841. The second-order valence-electron chi connectivity index (χ2n) is 4.53. The molecule has 4 heteroatoms. The molecule has 4 nitrogen and oxygen atoms in total. The Hall–Kier alpha value is -1.42. The van der Waals surface area contributed by atoms with E-state index in [1.807, 2.05) is 33.8 Å². The number of rotatable bonds is 4. The predicted octanol–water partition coefficient (Wildman–Crippen LogP) is 2.13. The summed E-state index contributed by atoms with van der Waals surface area (Å²) in [7, 11) is 0. The van der Waals surface area contributed by atoms with Gasteiger partial charge in [0.1, 0.15) is 6.04 Å². The van der Waals surface area contributed by atoms with E-state index in [-0.39, 0.29) is 6.04 Å². The predicted molar refractivity (Wildman–Crippen MR) is 67.1 cm³/mol. The highest BCUT2D eigenvalue weighted by atomic mass is 16.4. The molecule has 2 atom stereocenters. The van der Waals surface area contributed by atoms with Crippen LogP contribution < -0.4 is 5.32 Å². The molecule has 0 saturated carbocycles. The number of aryl methyl sites for hydroxylation is 3. The fraction of sp³-hybridized carbons (Fsp3) is 0.538. The Morgan fingerprint density at radius 3 is 2.41 bits per heavy atom. The molecule has 0 amide bonds. The van der Waals surface area contributed by atoms with Gasteiger partial charge in [0.2, 0.25) is 0 Å². The van der Waals surface area contributed by atoms with E-state index in [9.17, 15) is 4.79 Å². The van der Waals surface area contributed by atoms with Crippen molar-refractivity contribution in [2.24, 2.45) is 0 Å². The van der Waals surface area contributed by atoms with Crippen LogP contribution in [0.1, 0.15) is 42.4 Å². The van der Waals surface area contributed by atoms with Crippen molar-refractivity contribution in [1.29, 1.82) is 0 Å². The smallest absolute Gasteiger partial charge is 0.320 e. The molecular weight excluding hydrogens is 216 g/mol. The van der Waals surface area contributed by atoms with E-state index in [0.717, 1.165) is 22.5 Å². The monoisotopic (exact) mass is 236 g/mol. The van der Waals surface area contributed by atoms with E-state index in [4.69, 9.17) is 5.11 Å². The number of aliphatic carboxylic acids is 1. The average molecular weight is 236 g/mol. The van der Waals surface area contributed by atoms with Gasteiger partial charge >= 0.3 is 5.97 Å². The van der Waals surface area contributed by atoms with Crippen LogP contribution in [0.3, 0.4) is 0 Å². The third kappa shape index (κ3) is 3.27. The van der Waals surface area contributed by atoms with Crippen molar-refractivity contribution in [3.63, 3.8) is 0 Å². The van der Waals surface area contributed by atoms with Gasteiger partial charge in [-0.3, -0.25) is 15.1 Å². The van der Waals surface area contributed by atoms with Gasteiger partial charge in [-0.05, 0) is 51.8 Å². The summed E-state index contributed by atoms with van der Waals surface area (Å²) >= 11 is 0. The van der Waals surface area contributed by atoms with Crippen molar-refractivity contribution >= 4 is 5.97 Å². The minimum Gasteiger partial charge on any atom is -0.480 e. The molecule has 1 rings (SSSR count). The molecule has 2 N–H and O–H groups in total. The zero-order valence-electron chi connectivity index (χ0n) is 11.0. The maximum atomic E-state index is 10.8. The number of aromatic nitrogens is 1. The van der Waals surface area contributed by atoms with Gasteiger partial charge in [0.25, 0.3) is 0 Å². The fourth-order valence-electron chi connectivity index (χ4n) is 2.22. The summed E-state index contributed by atoms with van der Waals surface area (Å²) in [6, 6.07) is 1.44. The van der Waals surface area contributed by atoms with Crippen LogP contribution in [0, 0.1) is 20.8 Å². The third-order valence-corrected chi connectivity index (χ3v) is 2.89. The van der Waals surface area contributed by atoms with E-state index in [1.165, 1.54) is 0 Å². The van der Waals surface area contributed by atoms with E-state index in [0.29, 0.717) is 0 Å². The third-order valence-electron chi connectivity index (χ3n) is 2.89. The highest BCUT2D eigenvalue weighted by Gasteiger charge is 2.18. The SMILES string of the molecule is Cc1cc(C)c(C(C)NC(C)C(=O)O)c(C)n1. The lowest BCUT2D eigenvalue weighted by atomic mass is 10.00. The summed E-state index contributed by atoms with van der Waals surface area (Å²) < 4.78 is 0. The minimum absolute atomic E-state index is 0.0193. The molecule has 0 aliphatic carbocycles. The Kier molecular flexibility index (Phi) is 4.23. The Balaban J connectivity index is 2.96. The van der Waals surface area contributed by atoms with Crippen molar-refractivity contribution < 1.29 is 9.90 Å². The molecule has 0 saturated heterocycles. The molecule has 0 radical (unpaired) electrons. The van der Waals surface area contributed by atoms with Crippen molar-refractivity contribution in [2.75, 3.05) is 0 Å². The molecule has 0 aliphatic rings. The first-order chi connectivity index (χ1) is 7.82. The molecular formula is C13H20N2O2. The largest absolute Gasteiger partial charge is 0.480 e. The Labute approximate surface area is 102 Å². The molecule has 0 aromatic carbocycles. The number of hydrogen-bond donors (Lipinski definition) is 2. The Morgan fingerprint density at radius 1 is 1.35 bits per heavy atom. The lowest BCUT2D eigenvalue weighted by molar-refractivity contribution is -0.139. The average Bonchev–Trinajstić information content (AvgIpc) is 2.15. The van der Waals surface area contributed by atoms with Crippen LogP contribution in [0.2, 0.25) is 0 Å². The second kappa shape index (κ2) is 5.27. The van der Waals surface area contributed by atoms with Gasteiger partial charge in [-0.25, -0.2) is 0 Å². The number of carboxylic acids is 1. The molecule has 0 spiro atoms. The molecule has 1 aromatic heterocycles. The molecule has 1 aromatic rings. The number of hydrogen-bond acceptors (Lipinski definition) is 3. The van der Waals surface area contributed by atoms with Crippen LogP contribution in [0.25, 0.3) is 0 Å². The van der Waals surface area contributed by atoms with E-state index >= 15 is 0 Å². The van der Waals surface area contributed by atoms with Gasteiger partial charge in [0.05, 0.1) is 0 Å². The van der Waals surface area contributed by atoms with Crippen molar-refractivity contribution in [1.82, 2.24) is 10.3 Å². The zero-order valence-corrected chi connectivity index (χ0v) is 11.0. The summed E-state index contributed by atoms with van der Waals surface area (Å²) in [4.78, 5) is 15.2. The first-order valence-corrected chi connectivity index (χ1v) is 5.76. The Bertz CT molecular complexity index is 406. The first-order valence-electron chi connectivity index (χ1n) is 5.76. The van der Waals surface area contributed by atoms with E-state index < -0.39 is 12.0 Å². The second-order valence-corrected chi connectivity index (χ2v) is 4.53. The van der Waals surface area contributed by atoms with Crippen molar-refractivity contribution in [3.8, 4) is 0 Å². The maximum Gasteiger partial charge on any atom is 0.320 e. The number of pyridine rings is 1. The summed E-state index contributed by atoms with van der Waals surface area (Å²) in [5, 5.41) is 11.9. The number of carboxylic acid groups (broad SMARTS) is 1. The van der Waals surface area contributed by atoms with Crippen molar-refractivity contribution in [3.05, 3.63) is 28.6 Å².